The molecule has 1 saturated heterocycles. The zero-order valence-electron chi connectivity index (χ0n) is 18.6. The quantitative estimate of drug-likeness (QED) is 0.210. The summed E-state index contributed by atoms with van der Waals surface area (Å²) in [5.74, 6) is 1.53. The average molecular weight is 476 g/mol. The van der Waals surface area contributed by atoms with Gasteiger partial charge in [0.15, 0.2) is 4.32 Å². The summed E-state index contributed by atoms with van der Waals surface area (Å²) < 4.78 is 12.2. The molecule has 0 saturated carbocycles. The Balaban J connectivity index is 1.32. The van der Waals surface area contributed by atoms with Crippen molar-refractivity contribution in [2.24, 2.45) is 0 Å². The second kappa shape index (κ2) is 10.7. The van der Waals surface area contributed by atoms with Crippen molar-refractivity contribution in [3.05, 3.63) is 94.4 Å². The summed E-state index contributed by atoms with van der Waals surface area (Å²) in [7, 11) is 0. The third-order valence-corrected chi connectivity index (χ3v) is 6.57. The SMILES string of the molecule is Cc1ccc(OCCCOc2cccc(/C=C3\SC(=S)N(c4ccccc4)C3=O)c2)cc1C. The van der Waals surface area contributed by atoms with E-state index in [9.17, 15) is 4.79 Å². The van der Waals surface area contributed by atoms with Crippen LogP contribution in [0.3, 0.4) is 0 Å². The summed E-state index contributed by atoms with van der Waals surface area (Å²) in [6.45, 7) is 5.30. The van der Waals surface area contributed by atoms with Crippen molar-refractivity contribution < 1.29 is 14.3 Å². The van der Waals surface area contributed by atoms with Crippen LogP contribution < -0.4 is 14.4 Å². The van der Waals surface area contributed by atoms with Crippen molar-refractivity contribution in [2.45, 2.75) is 20.3 Å². The minimum atomic E-state index is -0.106. The van der Waals surface area contributed by atoms with E-state index >= 15 is 0 Å². The Hall–Kier alpha value is -3.09. The predicted molar refractivity (Wildman–Crippen MR) is 140 cm³/mol. The van der Waals surface area contributed by atoms with Crippen LogP contribution in [0.1, 0.15) is 23.1 Å². The second-order valence-corrected chi connectivity index (χ2v) is 9.40. The van der Waals surface area contributed by atoms with E-state index in [1.807, 2.05) is 66.7 Å². The average Bonchev–Trinajstić information content (AvgIpc) is 3.09. The van der Waals surface area contributed by atoms with Gasteiger partial charge >= 0.3 is 0 Å². The van der Waals surface area contributed by atoms with E-state index in [1.54, 1.807) is 4.90 Å². The molecule has 0 bridgehead atoms. The molecule has 1 amide bonds. The number of nitrogens with zero attached hydrogens (tertiary/aromatic N) is 1. The molecule has 4 nitrogen and oxygen atoms in total. The van der Waals surface area contributed by atoms with Crippen LogP contribution in [0.15, 0.2) is 77.7 Å². The fraction of sp³-hybridized carbons (Fsp3) is 0.185. The number of hydrogen-bond donors (Lipinski definition) is 0. The molecule has 6 heteroatoms. The lowest BCUT2D eigenvalue weighted by Crippen LogP contribution is -2.27. The molecule has 0 radical (unpaired) electrons. The van der Waals surface area contributed by atoms with Crippen LogP contribution in [0.5, 0.6) is 11.5 Å². The first-order valence-electron chi connectivity index (χ1n) is 10.8. The number of carbonyl (C=O) groups is 1. The zero-order chi connectivity index (χ0) is 23.2. The molecule has 1 aliphatic heterocycles. The van der Waals surface area contributed by atoms with Crippen LogP contribution in [-0.2, 0) is 4.79 Å². The van der Waals surface area contributed by atoms with Crippen LogP contribution in [0.2, 0.25) is 0 Å². The van der Waals surface area contributed by atoms with Crippen LogP contribution in [-0.4, -0.2) is 23.4 Å². The highest BCUT2D eigenvalue weighted by molar-refractivity contribution is 8.27. The highest BCUT2D eigenvalue weighted by atomic mass is 32.2. The minimum absolute atomic E-state index is 0.106. The first-order valence-corrected chi connectivity index (χ1v) is 12.0. The maximum atomic E-state index is 12.9. The zero-order valence-corrected chi connectivity index (χ0v) is 20.2. The number of ether oxygens (including phenoxy) is 2. The summed E-state index contributed by atoms with van der Waals surface area (Å²) >= 11 is 6.75. The first-order chi connectivity index (χ1) is 16.0. The van der Waals surface area contributed by atoms with Gasteiger partial charge in [0.25, 0.3) is 5.91 Å². The van der Waals surface area contributed by atoms with E-state index < -0.39 is 0 Å². The fourth-order valence-electron chi connectivity index (χ4n) is 3.36. The Morgan fingerprint density at radius 1 is 0.879 bits per heavy atom. The molecule has 0 aromatic heterocycles. The Bertz CT molecular complexity index is 1190. The van der Waals surface area contributed by atoms with Gasteiger partial charge in [-0.15, -0.1) is 0 Å². The smallest absolute Gasteiger partial charge is 0.270 e. The van der Waals surface area contributed by atoms with Gasteiger partial charge in [0.05, 0.1) is 23.8 Å². The van der Waals surface area contributed by atoms with Gasteiger partial charge in [-0.1, -0.05) is 60.4 Å². The van der Waals surface area contributed by atoms with Gasteiger partial charge < -0.3 is 9.47 Å². The maximum Gasteiger partial charge on any atom is 0.270 e. The van der Waals surface area contributed by atoms with Crippen LogP contribution in [0.25, 0.3) is 6.08 Å². The predicted octanol–water partition coefficient (Wildman–Crippen LogP) is 6.56. The molecule has 1 fully saturated rings. The molecule has 3 aromatic carbocycles. The molecule has 168 valence electrons. The van der Waals surface area contributed by atoms with Crippen molar-refractivity contribution in [3.8, 4) is 11.5 Å². The number of hydrogen-bond acceptors (Lipinski definition) is 5. The molecule has 0 aliphatic carbocycles. The van der Waals surface area contributed by atoms with Crippen molar-refractivity contribution in [1.82, 2.24) is 0 Å². The number of thioether (sulfide) groups is 1. The lowest BCUT2D eigenvalue weighted by molar-refractivity contribution is -0.113. The molecule has 33 heavy (non-hydrogen) atoms. The van der Waals surface area contributed by atoms with Gasteiger partial charge in [-0.25, -0.2) is 0 Å². The molecule has 1 aliphatic rings. The van der Waals surface area contributed by atoms with Crippen molar-refractivity contribution >= 4 is 46.0 Å². The third kappa shape index (κ3) is 5.83. The van der Waals surface area contributed by atoms with Gasteiger partial charge in [-0.05, 0) is 73.0 Å². The highest BCUT2D eigenvalue weighted by Gasteiger charge is 2.33. The van der Waals surface area contributed by atoms with Crippen LogP contribution >= 0.6 is 24.0 Å². The number of anilines is 1. The van der Waals surface area contributed by atoms with E-state index in [-0.39, 0.29) is 5.91 Å². The number of benzene rings is 3. The summed E-state index contributed by atoms with van der Waals surface area (Å²) in [5.41, 5.74) is 4.16. The van der Waals surface area contributed by atoms with Gasteiger partial charge in [0.2, 0.25) is 0 Å². The Kier molecular flexibility index (Phi) is 7.47. The number of rotatable bonds is 8. The van der Waals surface area contributed by atoms with Gasteiger partial charge in [-0.3, -0.25) is 9.69 Å². The molecular weight excluding hydrogens is 450 g/mol. The van der Waals surface area contributed by atoms with Gasteiger partial charge in [0.1, 0.15) is 11.5 Å². The molecule has 0 atom stereocenters. The monoisotopic (exact) mass is 475 g/mol. The largest absolute Gasteiger partial charge is 0.493 e. The van der Waals surface area contributed by atoms with E-state index in [0.29, 0.717) is 22.4 Å². The summed E-state index contributed by atoms with van der Waals surface area (Å²) in [4.78, 5) is 15.1. The number of thiocarbonyl (C=S) groups is 1. The second-order valence-electron chi connectivity index (χ2n) is 7.72. The molecule has 0 unspecified atom stereocenters. The Labute approximate surface area is 204 Å². The minimum Gasteiger partial charge on any atom is -0.493 e. The lowest BCUT2D eigenvalue weighted by Gasteiger charge is -2.13. The summed E-state index contributed by atoms with van der Waals surface area (Å²) in [6, 6.07) is 23.3. The Morgan fingerprint density at radius 2 is 1.61 bits per heavy atom. The fourth-order valence-corrected chi connectivity index (χ4v) is 4.65. The van der Waals surface area contributed by atoms with Crippen molar-refractivity contribution in [2.75, 3.05) is 18.1 Å². The topological polar surface area (TPSA) is 38.8 Å². The standard InChI is InChI=1S/C27H25NO3S2/c1-19-12-13-24(16-20(19)2)31-15-7-14-30-23-11-6-8-21(17-23)18-25-26(29)28(27(32)33-25)22-9-4-3-5-10-22/h3-6,8-13,16-18H,7,14-15H2,1-2H3/b25-18-. The van der Waals surface area contributed by atoms with E-state index in [2.05, 4.69) is 26.0 Å². The normalized spacial score (nSPS) is 14.7. The van der Waals surface area contributed by atoms with E-state index in [4.69, 9.17) is 21.7 Å². The summed E-state index contributed by atoms with van der Waals surface area (Å²) in [6.07, 6.45) is 2.63. The maximum absolute atomic E-state index is 12.9. The first kappa shape index (κ1) is 23.1. The van der Waals surface area contributed by atoms with Gasteiger partial charge in [-0.2, -0.15) is 0 Å². The van der Waals surface area contributed by atoms with Crippen LogP contribution in [0, 0.1) is 13.8 Å². The number of para-hydroxylation sites is 1. The molecule has 0 spiro atoms. The molecule has 3 aromatic rings. The van der Waals surface area contributed by atoms with Crippen LogP contribution in [0.4, 0.5) is 5.69 Å². The molecule has 0 N–H and O–H groups in total. The number of aryl methyl sites for hydroxylation is 2. The molecular formula is C27H25NO3S2. The molecule has 1 heterocycles. The van der Waals surface area contributed by atoms with E-state index in [1.165, 1.54) is 22.9 Å². The van der Waals surface area contributed by atoms with Crippen molar-refractivity contribution in [3.63, 3.8) is 0 Å². The van der Waals surface area contributed by atoms with E-state index in [0.717, 1.165) is 29.2 Å². The summed E-state index contributed by atoms with van der Waals surface area (Å²) in [5, 5.41) is 0. The lowest BCUT2D eigenvalue weighted by atomic mass is 10.1. The third-order valence-electron chi connectivity index (χ3n) is 5.27. The highest BCUT2D eigenvalue weighted by Crippen LogP contribution is 2.36. The molecule has 4 rings (SSSR count). The number of amides is 1. The van der Waals surface area contributed by atoms with Gasteiger partial charge in [0, 0.05) is 6.42 Å². The number of carbonyl (C=O) groups excluding carboxylic acids is 1. The van der Waals surface area contributed by atoms with Crippen molar-refractivity contribution in [1.29, 1.82) is 0 Å². The Morgan fingerprint density at radius 3 is 2.33 bits per heavy atom.